The second-order valence-corrected chi connectivity index (χ2v) is 3.66. The Morgan fingerprint density at radius 1 is 1.38 bits per heavy atom. The average molecular weight is 216 g/mol. The molecule has 2 rings (SSSR count). The number of amides is 1. The lowest BCUT2D eigenvalue weighted by atomic mass is 10.1. The van der Waals surface area contributed by atoms with Gasteiger partial charge in [0, 0.05) is 24.1 Å². The van der Waals surface area contributed by atoms with Gasteiger partial charge in [-0.1, -0.05) is 11.6 Å². The molecule has 0 fully saturated rings. The predicted octanol–water partition coefficient (Wildman–Crippen LogP) is 1.20. The third-order valence-electron chi connectivity index (χ3n) is 2.51. The molecule has 0 saturated heterocycles. The smallest absolute Gasteiger partial charge is 0.256 e. The molecule has 0 saturated carbocycles. The number of carbonyl (C=O) groups is 1. The Morgan fingerprint density at radius 3 is 2.81 bits per heavy atom. The van der Waals surface area contributed by atoms with Crippen LogP contribution in [0, 0.1) is 6.92 Å². The first-order valence-corrected chi connectivity index (χ1v) is 4.97. The maximum atomic E-state index is 12.0. The van der Waals surface area contributed by atoms with Crippen LogP contribution in [-0.4, -0.2) is 17.9 Å². The minimum atomic E-state index is -0.371. The number of aromatic amines is 1. The molecular weight excluding hydrogens is 204 g/mol. The standard InChI is InChI=1S/C12H12N2O2/c1-7-3-4-10-8(5-7)11(15)9(6-14-10)12(16)13-2/h3-6H,1-2H3,(H,13,16)(H,14,15). The van der Waals surface area contributed by atoms with Crippen LogP contribution >= 0.6 is 0 Å². The molecule has 1 aromatic carbocycles. The van der Waals surface area contributed by atoms with E-state index in [1.54, 1.807) is 6.07 Å². The first kappa shape index (κ1) is 10.4. The number of hydrogen-bond acceptors (Lipinski definition) is 2. The number of benzene rings is 1. The minimum Gasteiger partial charge on any atom is -0.360 e. The quantitative estimate of drug-likeness (QED) is 0.752. The van der Waals surface area contributed by atoms with Crippen molar-refractivity contribution in [1.29, 1.82) is 0 Å². The van der Waals surface area contributed by atoms with Gasteiger partial charge in [0.15, 0.2) is 0 Å². The van der Waals surface area contributed by atoms with E-state index in [9.17, 15) is 9.59 Å². The van der Waals surface area contributed by atoms with Crippen LogP contribution in [0.5, 0.6) is 0 Å². The van der Waals surface area contributed by atoms with Crippen LogP contribution in [0.15, 0.2) is 29.2 Å². The molecule has 2 aromatic rings. The molecule has 2 N–H and O–H groups in total. The summed E-state index contributed by atoms with van der Waals surface area (Å²) in [6, 6.07) is 5.53. The first-order chi connectivity index (χ1) is 7.63. The fourth-order valence-electron chi connectivity index (χ4n) is 1.64. The molecule has 82 valence electrons. The van der Waals surface area contributed by atoms with Gasteiger partial charge in [-0.2, -0.15) is 0 Å². The van der Waals surface area contributed by atoms with Crippen molar-refractivity contribution in [2.45, 2.75) is 6.92 Å². The van der Waals surface area contributed by atoms with E-state index in [1.807, 2.05) is 19.1 Å². The van der Waals surface area contributed by atoms with Gasteiger partial charge in [-0.05, 0) is 19.1 Å². The highest BCUT2D eigenvalue weighted by atomic mass is 16.2. The van der Waals surface area contributed by atoms with Gasteiger partial charge in [0.05, 0.1) is 0 Å². The third-order valence-corrected chi connectivity index (χ3v) is 2.51. The van der Waals surface area contributed by atoms with Gasteiger partial charge in [-0.3, -0.25) is 9.59 Å². The molecule has 0 bridgehead atoms. The van der Waals surface area contributed by atoms with Crippen molar-refractivity contribution in [3.8, 4) is 0 Å². The van der Waals surface area contributed by atoms with E-state index < -0.39 is 0 Å². The summed E-state index contributed by atoms with van der Waals surface area (Å²) in [6.07, 6.45) is 1.44. The minimum absolute atomic E-state index is 0.139. The Labute approximate surface area is 92.3 Å². The van der Waals surface area contributed by atoms with Crippen molar-refractivity contribution in [2.75, 3.05) is 7.05 Å². The molecule has 0 atom stereocenters. The zero-order valence-electron chi connectivity index (χ0n) is 9.13. The maximum absolute atomic E-state index is 12.0. The largest absolute Gasteiger partial charge is 0.360 e. The number of pyridine rings is 1. The topological polar surface area (TPSA) is 62.0 Å². The molecule has 4 nitrogen and oxygen atoms in total. The van der Waals surface area contributed by atoms with E-state index >= 15 is 0 Å². The monoisotopic (exact) mass is 216 g/mol. The summed E-state index contributed by atoms with van der Waals surface area (Å²) in [5.74, 6) is -0.371. The summed E-state index contributed by atoms with van der Waals surface area (Å²) in [4.78, 5) is 26.4. The number of fused-ring (bicyclic) bond motifs is 1. The summed E-state index contributed by atoms with van der Waals surface area (Å²) in [6.45, 7) is 1.91. The van der Waals surface area contributed by atoms with Gasteiger partial charge >= 0.3 is 0 Å². The van der Waals surface area contributed by atoms with E-state index in [2.05, 4.69) is 10.3 Å². The Bertz CT molecular complexity index is 614. The highest BCUT2D eigenvalue weighted by Crippen LogP contribution is 2.10. The molecule has 0 spiro atoms. The molecule has 1 aromatic heterocycles. The van der Waals surface area contributed by atoms with Crippen molar-refractivity contribution < 1.29 is 4.79 Å². The van der Waals surface area contributed by atoms with E-state index in [-0.39, 0.29) is 16.9 Å². The van der Waals surface area contributed by atoms with Crippen molar-refractivity contribution in [2.24, 2.45) is 0 Å². The number of nitrogens with one attached hydrogen (secondary N) is 2. The summed E-state index contributed by atoms with van der Waals surface area (Å²) >= 11 is 0. The van der Waals surface area contributed by atoms with Gasteiger partial charge in [0.2, 0.25) is 5.43 Å². The second kappa shape index (κ2) is 3.81. The van der Waals surface area contributed by atoms with Crippen LogP contribution in [0.3, 0.4) is 0 Å². The number of carbonyl (C=O) groups excluding carboxylic acids is 1. The Morgan fingerprint density at radius 2 is 2.12 bits per heavy atom. The van der Waals surface area contributed by atoms with Gasteiger partial charge in [0.25, 0.3) is 5.91 Å². The summed E-state index contributed by atoms with van der Waals surface area (Å²) in [7, 11) is 1.50. The molecule has 1 heterocycles. The second-order valence-electron chi connectivity index (χ2n) is 3.66. The van der Waals surface area contributed by atoms with Crippen LogP contribution in [0.4, 0.5) is 0 Å². The molecule has 0 aliphatic carbocycles. The lowest BCUT2D eigenvalue weighted by Crippen LogP contribution is -2.25. The van der Waals surface area contributed by atoms with Crippen molar-refractivity contribution >= 4 is 16.8 Å². The Kier molecular flexibility index (Phi) is 2.48. The van der Waals surface area contributed by atoms with Gasteiger partial charge in [-0.25, -0.2) is 0 Å². The van der Waals surface area contributed by atoms with E-state index in [1.165, 1.54) is 13.2 Å². The zero-order chi connectivity index (χ0) is 11.7. The van der Waals surface area contributed by atoms with E-state index in [4.69, 9.17) is 0 Å². The number of aromatic nitrogens is 1. The van der Waals surface area contributed by atoms with Gasteiger partial charge in [0.1, 0.15) is 5.56 Å². The fourth-order valence-corrected chi connectivity index (χ4v) is 1.64. The highest BCUT2D eigenvalue weighted by molar-refractivity contribution is 5.96. The summed E-state index contributed by atoms with van der Waals surface area (Å²) < 4.78 is 0. The van der Waals surface area contributed by atoms with Crippen molar-refractivity contribution in [1.82, 2.24) is 10.3 Å². The van der Waals surface area contributed by atoms with E-state index in [0.29, 0.717) is 5.39 Å². The zero-order valence-corrected chi connectivity index (χ0v) is 9.13. The van der Waals surface area contributed by atoms with E-state index in [0.717, 1.165) is 11.1 Å². The Hall–Kier alpha value is -2.10. The summed E-state index contributed by atoms with van der Waals surface area (Å²) in [5.41, 5.74) is 1.63. The van der Waals surface area contributed by atoms with Crippen LogP contribution < -0.4 is 10.7 Å². The van der Waals surface area contributed by atoms with Crippen molar-refractivity contribution in [3.63, 3.8) is 0 Å². The molecule has 0 aliphatic rings. The lowest BCUT2D eigenvalue weighted by molar-refractivity contribution is 0.0962. The van der Waals surface area contributed by atoms with Crippen LogP contribution in [-0.2, 0) is 0 Å². The van der Waals surface area contributed by atoms with Crippen LogP contribution in [0.2, 0.25) is 0 Å². The number of hydrogen-bond donors (Lipinski definition) is 2. The van der Waals surface area contributed by atoms with Gasteiger partial charge < -0.3 is 10.3 Å². The number of rotatable bonds is 1. The predicted molar refractivity (Wildman–Crippen MR) is 62.7 cm³/mol. The fraction of sp³-hybridized carbons (Fsp3) is 0.167. The summed E-state index contributed by atoms with van der Waals surface area (Å²) in [5, 5.41) is 2.99. The normalized spacial score (nSPS) is 10.4. The van der Waals surface area contributed by atoms with Crippen LogP contribution in [0.25, 0.3) is 10.9 Å². The molecular formula is C12H12N2O2. The number of H-pyrrole nitrogens is 1. The maximum Gasteiger partial charge on any atom is 0.256 e. The highest BCUT2D eigenvalue weighted by Gasteiger charge is 2.10. The Balaban J connectivity index is 2.78. The SMILES string of the molecule is CNC(=O)c1c[nH]c2ccc(C)cc2c1=O. The molecule has 1 amide bonds. The lowest BCUT2D eigenvalue weighted by Gasteiger charge is -2.02. The van der Waals surface area contributed by atoms with Gasteiger partial charge in [-0.15, -0.1) is 0 Å². The molecule has 0 radical (unpaired) electrons. The third kappa shape index (κ3) is 1.58. The molecule has 4 heteroatoms. The number of aryl methyl sites for hydroxylation is 1. The molecule has 0 aliphatic heterocycles. The average Bonchev–Trinajstić information content (AvgIpc) is 2.29. The van der Waals surface area contributed by atoms with Crippen molar-refractivity contribution in [3.05, 3.63) is 45.7 Å². The molecule has 16 heavy (non-hydrogen) atoms. The molecule has 0 unspecified atom stereocenters. The van der Waals surface area contributed by atoms with Crippen LogP contribution in [0.1, 0.15) is 15.9 Å². The first-order valence-electron chi connectivity index (χ1n) is 4.97.